The number of carbonyl (C=O) groups excluding carboxylic acids is 2. The molecule has 0 N–H and O–H groups in total. The Morgan fingerprint density at radius 2 is 1.58 bits per heavy atom. The van der Waals surface area contributed by atoms with Crippen molar-refractivity contribution in [2.45, 2.75) is 44.9 Å². The maximum absolute atomic E-state index is 11.2. The number of carbonyl (C=O) groups is 2. The Labute approximate surface area is 72.3 Å². The van der Waals surface area contributed by atoms with E-state index in [1.165, 1.54) is 0 Å². The second kappa shape index (κ2) is 2.68. The van der Waals surface area contributed by atoms with Crippen molar-refractivity contribution in [3.63, 3.8) is 0 Å². The molecule has 2 saturated carbocycles. The topological polar surface area (TPSA) is 34.1 Å². The molecule has 2 aliphatic rings. The molecule has 2 nitrogen and oxygen atoms in total. The highest BCUT2D eigenvalue weighted by Crippen LogP contribution is 2.46. The Morgan fingerprint density at radius 1 is 0.917 bits per heavy atom. The predicted octanol–water partition coefficient (Wildman–Crippen LogP) is 1.87. The van der Waals surface area contributed by atoms with E-state index >= 15 is 0 Å². The van der Waals surface area contributed by atoms with Crippen LogP contribution in [0.25, 0.3) is 0 Å². The van der Waals surface area contributed by atoms with Crippen molar-refractivity contribution in [3.05, 3.63) is 0 Å². The molecule has 1 atom stereocenters. The molecule has 66 valence electrons. The Bertz CT molecular complexity index is 232. The molecule has 0 radical (unpaired) electrons. The highest BCUT2D eigenvalue weighted by atomic mass is 16.1. The third kappa shape index (κ3) is 1.30. The lowest BCUT2D eigenvalue weighted by Crippen LogP contribution is -2.26. The molecule has 2 rings (SSSR count). The maximum atomic E-state index is 11.2. The molecule has 0 saturated heterocycles. The molecule has 2 fully saturated rings. The lowest BCUT2D eigenvalue weighted by Gasteiger charge is -2.31. The van der Waals surface area contributed by atoms with Crippen LogP contribution < -0.4 is 0 Å². The van der Waals surface area contributed by atoms with Crippen molar-refractivity contribution < 1.29 is 9.59 Å². The van der Waals surface area contributed by atoms with Gasteiger partial charge in [-0.05, 0) is 24.7 Å². The summed E-state index contributed by atoms with van der Waals surface area (Å²) in [6.45, 7) is 0. The van der Waals surface area contributed by atoms with Crippen LogP contribution in [0.1, 0.15) is 44.9 Å². The first-order valence-electron chi connectivity index (χ1n) is 4.74. The summed E-state index contributed by atoms with van der Waals surface area (Å²) in [5.41, 5.74) is 0.117. The number of rotatable bonds is 0. The zero-order chi connectivity index (χ0) is 8.60. The van der Waals surface area contributed by atoms with Crippen molar-refractivity contribution in [1.82, 2.24) is 0 Å². The normalized spacial score (nSPS) is 36.3. The minimum atomic E-state index is 0.117. The van der Waals surface area contributed by atoms with Gasteiger partial charge in [-0.15, -0.1) is 0 Å². The number of ketones is 2. The van der Waals surface area contributed by atoms with E-state index < -0.39 is 0 Å². The first-order chi connectivity index (χ1) is 5.70. The van der Waals surface area contributed by atoms with Crippen LogP contribution in [0.3, 0.4) is 0 Å². The second-order valence-electron chi connectivity index (χ2n) is 4.28. The zero-order valence-electron chi connectivity index (χ0n) is 7.27. The average Bonchev–Trinajstić information content (AvgIpc) is 2.32. The number of Topliss-reactive ketones (excluding diaryl/α,β-unsaturated/α-hetero) is 2. The van der Waals surface area contributed by atoms with Gasteiger partial charge < -0.3 is 0 Å². The third-order valence-electron chi connectivity index (χ3n) is 3.24. The van der Waals surface area contributed by atoms with Gasteiger partial charge in [0.25, 0.3) is 0 Å². The minimum absolute atomic E-state index is 0.117. The first-order valence-corrected chi connectivity index (χ1v) is 4.74. The van der Waals surface area contributed by atoms with E-state index in [1.807, 2.05) is 0 Å². The van der Waals surface area contributed by atoms with Crippen LogP contribution in [-0.2, 0) is 9.59 Å². The molecule has 0 aromatic carbocycles. The lowest BCUT2D eigenvalue weighted by molar-refractivity contribution is -0.124. The summed E-state index contributed by atoms with van der Waals surface area (Å²) in [7, 11) is 0. The summed E-state index contributed by atoms with van der Waals surface area (Å²) in [6, 6.07) is 0. The van der Waals surface area contributed by atoms with E-state index in [-0.39, 0.29) is 5.41 Å². The van der Waals surface area contributed by atoms with Gasteiger partial charge in [0.1, 0.15) is 11.6 Å². The summed E-state index contributed by atoms with van der Waals surface area (Å²) in [5, 5.41) is 0. The molecule has 0 aromatic heterocycles. The van der Waals surface area contributed by atoms with Gasteiger partial charge >= 0.3 is 0 Å². The highest BCUT2D eigenvalue weighted by molar-refractivity contribution is 5.85. The van der Waals surface area contributed by atoms with Crippen LogP contribution in [0.2, 0.25) is 0 Å². The van der Waals surface area contributed by atoms with E-state index in [1.54, 1.807) is 0 Å². The van der Waals surface area contributed by atoms with Crippen molar-refractivity contribution in [2.24, 2.45) is 5.41 Å². The van der Waals surface area contributed by atoms with Crippen LogP contribution in [0.4, 0.5) is 0 Å². The largest absolute Gasteiger partial charge is 0.300 e. The molecule has 2 aliphatic carbocycles. The number of hydrogen-bond donors (Lipinski definition) is 0. The summed E-state index contributed by atoms with van der Waals surface area (Å²) < 4.78 is 0. The fraction of sp³-hybridized carbons (Fsp3) is 0.800. The second-order valence-corrected chi connectivity index (χ2v) is 4.28. The minimum Gasteiger partial charge on any atom is -0.300 e. The van der Waals surface area contributed by atoms with Crippen LogP contribution >= 0.6 is 0 Å². The maximum Gasteiger partial charge on any atom is 0.133 e. The van der Waals surface area contributed by atoms with Gasteiger partial charge in [0.05, 0.1) is 0 Å². The van der Waals surface area contributed by atoms with Gasteiger partial charge in [0, 0.05) is 25.7 Å². The monoisotopic (exact) mass is 166 g/mol. The molecule has 0 heterocycles. The van der Waals surface area contributed by atoms with Gasteiger partial charge in [-0.25, -0.2) is 0 Å². The molecule has 0 bridgehead atoms. The summed E-state index contributed by atoms with van der Waals surface area (Å²) in [5.74, 6) is 0.737. The number of hydrogen-bond acceptors (Lipinski definition) is 2. The van der Waals surface area contributed by atoms with Crippen molar-refractivity contribution >= 4 is 11.6 Å². The van der Waals surface area contributed by atoms with Crippen LogP contribution in [-0.4, -0.2) is 11.6 Å². The predicted molar refractivity (Wildman–Crippen MR) is 44.8 cm³/mol. The fourth-order valence-electron chi connectivity index (χ4n) is 2.62. The Kier molecular flexibility index (Phi) is 1.78. The Morgan fingerprint density at radius 3 is 2.17 bits per heavy atom. The molecule has 1 spiro atoms. The van der Waals surface area contributed by atoms with Crippen LogP contribution in [0.5, 0.6) is 0 Å². The highest BCUT2D eigenvalue weighted by Gasteiger charge is 2.41. The molecule has 0 aromatic rings. The fourth-order valence-corrected chi connectivity index (χ4v) is 2.62. The SMILES string of the molecule is O=C1CCC[C@]2(CCC(=O)C2)C1. The smallest absolute Gasteiger partial charge is 0.133 e. The van der Waals surface area contributed by atoms with Gasteiger partial charge in [0.2, 0.25) is 0 Å². The van der Waals surface area contributed by atoms with Crippen molar-refractivity contribution in [2.75, 3.05) is 0 Å². The summed E-state index contributed by atoms with van der Waals surface area (Å²) >= 11 is 0. The first kappa shape index (κ1) is 7.96. The van der Waals surface area contributed by atoms with Crippen molar-refractivity contribution in [3.8, 4) is 0 Å². The molecule has 0 amide bonds. The van der Waals surface area contributed by atoms with Crippen LogP contribution in [0, 0.1) is 5.41 Å². The van der Waals surface area contributed by atoms with E-state index in [2.05, 4.69) is 0 Å². The lowest BCUT2D eigenvalue weighted by atomic mass is 9.72. The van der Waals surface area contributed by atoms with Crippen LogP contribution in [0.15, 0.2) is 0 Å². The van der Waals surface area contributed by atoms with Gasteiger partial charge in [0.15, 0.2) is 0 Å². The average molecular weight is 166 g/mol. The molecule has 2 heteroatoms. The molecule has 12 heavy (non-hydrogen) atoms. The molecular weight excluding hydrogens is 152 g/mol. The standard InChI is InChI=1S/C10H14O2/c11-8-2-1-4-10(6-8)5-3-9(12)7-10/h1-7H2/t10-/m0/s1. The Balaban J connectivity index is 2.10. The summed E-state index contributed by atoms with van der Waals surface area (Å²) in [6.07, 6.45) is 5.90. The third-order valence-corrected chi connectivity index (χ3v) is 3.24. The quantitative estimate of drug-likeness (QED) is 0.550. The van der Waals surface area contributed by atoms with E-state index in [4.69, 9.17) is 0 Å². The van der Waals surface area contributed by atoms with Gasteiger partial charge in [-0.2, -0.15) is 0 Å². The van der Waals surface area contributed by atoms with E-state index in [0.29, 0.717) is 30.8 Å². The van der Waals surface area contributed by atoms with Gasteiger partial charge in [-0.3, -0.25) is 9.59 Å². The zero-order valence-corrected chi connectivity index (χ0v) is 7.27. The molecular formula is C10H14O2. The van der Waals surface area contributed by atoms with Gasteiger partial charge in [-0.1, -0.05) is 0 Å². The Hall–Kier alpha value is -0.660. The van der Waals surface area contributed by atoms with E-state index in [9.17, 15) is 9.59 Å². The van der Waals surface area contributed by atoms with E-state index in [0.717, 1.165) is 25.7 Å². The van der Waals surface area contributed by atoms with Crippen molar-refractivity contribution in [1.29, 1.82) is 0 Å². The summed E-state index contributed by atoms with van der Waals surface area (Å²) in [4.78, 5) is 22.3. The molecule has 0 unspecified atom stereocenters. The molecule has 0 aliphatic heterocycles.